The van der Waals surface area contributed by atoms with Gasteiger partial charge in [-0.2, -0.15) is 5.10 Å². The molecule has 20 heavy (non-hydrogen) atoms. The van der Waals surface area contributed by atoms with Crippen LogP contribution in [0.5, 0.6) is 0 Å². The van der Waals surface area contributed by atoms with Crippen LogP contribution in [0, 0.1) is 5.41 Å². The molecule has 0 spiro atoms. The van der Waals surface area contributed by atoms with Crippen molar-refractivity contribution >= 4 is 0 Å². The summed E-state index contributed by atoms with van der Waals surface area (Å²) < 4.78 is 7.61. The maximum absolute atomic E-state index is 6.62. The third-order valence-corrected chi connectivity index (χ3v) is 4.77. The van der Waals surface area contributed by atoms with Crippen molar-refractivity contribution in [3.8, 4) is 0 Å². The van der Waals surface area contributed by atoms with Crippen LogP contribution in [0.1, 0.15) is 32.8 Å². The van der Waals surface area contributed by atoms with Crippen LogP contribution in [0.25, 0.3) is 0 Å². The number of hydrogen-bond donors (Lipinski definition) is 1. The highest BCUT2D eigenvalue weighted by atomic mass is 16.5. The van der Waals surface area contributed by atoms with E-state index >= 15 is 0 Å². The number of aromatic nitrogens is 2. The largest absolute Gasteiger partial charge is 0.378 e. The molecule has 1 fully saturated rings. The zero-order valence-electron chi connectivity index (χ0n) is 13.4. The van der Waals surface area contributed by atoms with Gasteiger partial charge in [0.15, 0.2) is 0 Å². The summed E-state index contributed by atoms with van der Waals surface area (Å²) in [5.41, 5.74) is 7.68. The van der Waals surface area contributed by atoms with E-state index in [1.165, 1.54) is 5.56 Å². The van der Waals surface area contributed by atoms with Gasteiger partial charge in [-0.15, -0.1) is 0 Å². The first-order chi connectivity index (χ1) is 9.28. The molecule has 1 heterocycles. The van der Waals surface area contributed by atoms with Gasteiger partial charge in [-0.05, 0) is 20.4 Å². The minimum absolute atomic E-state index is 0.0200. The lowest BCUT2D eigenvalue weighted by molar-refractivity contribution is -0.155. The van der Waals surface area contributed by atoms with Gasteiger partial charge in [-0.3, -0.25) is 4.68 Å². The maximum atomic E-state index is 6.62. The zero-order valence-corrected chi connectivity index (χ0v) is 13.4. The minimum Gasteiger partial charge on any atom is -0.378 e. The molecule has 2 N–H and O–H groups in total. The molecule has 2 rings (SSSR count). The number of hydrogen-bond acceptors (Lipinski definition) is 4. The molecule has 2 unspecified atom stereocenters. The fraction of sp³-hybridized carbons (Fsp3) is 0.800. The highest BCUT2D eigenvalue weighted by Gasteiger charge is 2.58. The van der Waals surface area contributed by atoms with Crippen LogP contribution >= 0.6 is 0 Å². The van der Waals surface area contributed by atoms with Crippen LogP contribution in [-0.4, -0.2) is 46.5 Å². The standard InChI is InChI=1S/C15H28N4O/c1-6-20-13-7-15(16,14(13,2)3)11-18(4)9-12-8-17-19(5)10-12/h8,10,13H,6-7,9,11,16H2,1-5H3. The average molecular weight is 280 g/mol. The molecule has 114 valence electrons. The van der Waals surface area contributed by atoms with Gasteiger partial charge in [0.1, 0.15) is 0 Å². The molecule has 0 saturated heterocycles. The Kier molecular flexibility index (Phi) is 4.23. The second-order valence-electron chi connectivity index (χ2n) is 6.72. The highest BCUT2D eigenvalue weighted by Crippen LogP contribution is 2.50. The Hall–Kier alpha value is -0.910. The van der Waals surface area contributed by atoms with Crippen LogP contribution in [-0.2, 0) is 18.3 Å². The maximum Gasteiger partial charge on any atom is 0.0662 e. The van der Waals surface area contributed by atoms with E-state index in [9.17, 15) is 0 Å². The third kappa shape index (κ3) is 2.75. The zero-order chi connectivity index (χ0) is 15.0. The van der Waals surface area contributed by atoms with Gasteiger partial charge in [-0.1, -0.05) is 13.8 Å². The van der Waals surface area contributed by atoms with Gasteiger partial charge in [0.25, 0.3) is 0 Å². The van der Waals surface area contributed by atoms with Gasteiger partial charge in [0, 0.05) is 49.5 Å². The minimum atomic E-state index is -0.177. The molecule has 0 amide bonds. The van der Waals surface area contributed by atoms with Crippen molar-refractivity contribution in [2.24, 2.45) is 18.2 Å². The number of nitrogens with zero attached hydrogens (tertiary/aromatic N) is 3. The predicted molar refractivity (Wildman–Crippen MR) is 80.3 cm³/mol. The van der Waals surface area contributed by atoms with Crippen molar-refractivity contribution in [3.63, 3.8) is 0 Å². The number of likely N-dealkylation sites (N-methyl/N-ethyl adjacent to an activating group) is 1. The summed E-state index contributed by atoms with van der Waals surface area (Å²) in [5.74, 6) is 0. The first-order valence-corrected chi connectivity index (χ1v) is 7.35. The summed E-state index contributed by atoms with van der Waals surface area (Å²) in [5, 5.41) is 4.20. The van der Waals surface area contributed by atoms with E-state index in [1.807, 2.05) is 24.9 Å². The Bertz CT molecular complexity index is 456. The number of rotatable bonds is 6. The number of aryl methyl sites for hydroxylation is 1. The molecule has 1 saturated carbocycles. The molecule has 1 aliphatic carbocycles. The Morgan fingerprint density at radius 1 is 1.55 bits per heavy atom. The third-order valence-electron chi connectivity index (χ3n) is 4.77. The SMILES string of the molecule is CCOC1CC(N)(CN(C)Cc2cnn(C)c2)C1(C)C. The van der Waals surface area contributed by atoms with E-state index in [4.69, 9.17) is 10.5 Å². The number of nitrogens with two attached hydrogens (primary N) is 1. The molecule has 0 radical (unpaired) electrons. The molecular formula is C15H28N4O. The van der Waals surface area contributed by atoms with E-state index in [-0.39, 0.29) is 17.1 Å². The summed E-state index contributed by atoms with van der Waals surface area (Å²) in [6.07, 6.45) is 5.18. The quantitative estimate of drug-likeness (QED) is 0.855. The van der Waals surface area contributed by atoms with Crippen LogP contribution in [0.15, 0.2) is 12.4 Å². The molecule has 0 aromatic carbocycles. The lowest BCUT2D eigenvalue weighted by Crippen LogP contribution is -2.73. The predicted octanol–water partition coefficient (Wildman–Crippen LogP) is 1.38. The van der Waals surface area contributed by atoms with Gasteiger partial charge in [-0.25, -0.2) is 0 Å². The van der Waals surface area contributed by atoms with Crippen LogP contribution in [0.4, 0.5) is 0 Å². The molecule has 2 atom stereocenters. The Morgan fingerprint density at radius 3 is 2.75 bits per heavy atom. The molecule has 1 aromatic rings. The Morgan fingerprint density at radius 2 is 2.25 bits per heavy atom. The summed E-state index contributed by atoms with van der Waals surface area (Å²) in [6, 6.07) is 0. The van der Waals surface area contributed by atoms with E-state index in [1.54, 1.807) is 0 Å². The molecular weight excluding hydrogens is 252 g/mol. The first-order valence-electron chi connectivity index (χ1n) is 7.35. The van der Waals surface area contributed by atoms with Crippen molar-refractivity contribution in [3.05, 3.63) is 18.0 Å². The fourth-order valence-electron chi connectivity index (χ4n) is 3.18. The Labute approximate surface area is 122 Å². The molecule has 1 aliphatic rings. The second-order valence-corrected chi connectivity index (χ2v) is 6.72. The molecule has 1 aromatic heterocycles. The average Bonchev–Trinajstić information content (AvgIpc) is 2.74. The highest BCUT2D eigenvalue weighted by molar-refractivity contribution is 5.15. The van der Waals surface area contributed by atoms with Crippen molar-refractivity contribution in [1.82, 2.24) is 14.7 Å². The second kappa shape index (κ2) is 5.47. The van der Waals surface area contributed by atoms with Crippen molar-refractivity contribution in [2.45, 2.75) is 45.4 Å². The lowest BCUT2D eigenvalue weighted by atomic mass is 9.54. The summed E-state index contributed by atoms with van der Waals surface area (Å²) in [4.78, 5) is 2.28. The van der Waals surface area contributed by atoms with Crippen LogP contribution < -0.4 is 5.73 Å². The van der Waals surface area contributed by atoms with E-state index in [2.05, 4.69) is 37.1 Å². The van der Waals surface area contributed by atoms with E-state index in [0.717, 1.165) is 26.1 Å². The van der Waals surface area contributed by atoms with Crippen molar-refractivity contribution in [2.75, 3.05) is 20.2 Å². The molecule has 0 bridgehead atoms. The van der Waals surface area contributed by atoms with Crippen LogP contribution in [0.3, 0.4) is 0 Å². The smallest absolute Gasteiger partial charge is 0.0662 e. The molecule has 5 heteroatoms. The molecule has 5 nitrogen and oxygen atoms in total. The van der Waals surface area contributed by atoms with E-state index in [0.29, 0.717) is 0 Å². The normalized spacial score (nSPS) is 28.6. The van der Waals surface area contributed by atoms with Crippen molar-refractivity contribution in [1.29, 1.82) is 0 Å². The topological polar surface area (TPSA) is 56.3 Å². The summed E-state index contributed by atoms with van der Waals surface area (Å²) in [6.45, 7) is 8.99. The first kappa shape index (κ1) is 15.5. The Balaban J connectivity index is 1.92. The number of ether oxygens (including phenoxy) is 1. The van der Waals surface area contributed by atoms with E-state index < -0.39 is 0 Å². The monoisotopic (exact) mass is 280 g/mol. The van der Waals surface area contributed by atoms with Gasteiger partial charge >= 0.3 is 0 Å². The summed E-state index contributed by atoms with van der Waals surface area (Å²) >= 11 is 0. The van der Waals surface area contributed by atoms with Crippen LogP contribution in [0.2, 0.25) is 0 Å². The fourth-order valence-corrected chi connectivity index (χ4v) is 3.18. The van der Waals surface area contributed by atoms with Gasteiger partial charge in [0.05, 0.1) is 12.3 Å². The van der Waals surface area contributed by atoms with Gasteiger partial charge in [0.2, 0.25) is 0 Å². The van der Waals surface area contributed by atoms with Crippen molar-refractivity contribution < 1.29 is 4.74 Å². The molecule has 0 aliphatic heterocycles. The lowest BCUT2D eigenvalue weighted by Gasteiger charge is -2.60. The summed E-state index contributed by atoms with van der Waals surface area (Å²) in [7, 11) is 4.06. The van der Waals surface area contributed by atoms with Gasteiger partial charge < -0.3 is 15.4 Å².